The molecule has 7 heteroatoms. The van der Waals surface area contributed by atoms with Crippen LogP contribution in [0.3, 0.4) is 0 Å². The number of nitrogens with zero attached hydrogens (tertiary/aromatic N) is 6. The zero-order chi connectivity index (χ0) is 24.0. The summed E-state index contributed by atoms with van der Waals surface area (Å²) in [6, 6.07) is 6.49. The molecule has 2 fully saturated rings. The maximum atomic E-state index is 5.65. The third-order valence-electron chi connectivity index (χ3n) is 7.92. The van der Waals surface area contributed by atoms with E-state index in [1.807, 2.05) is 0 Å². The molecule has 0 saturated carbocycles. The van der Waals surface area contributed by atoms with E-state index in [1.165, 1.54) is 24.0 Å². The third kappa shape index (κ3) is 4.25. The first-order chi connectivity index (χ1) is 17.0. The Morgan fingerprint density at radius 2 is 1.80 bits per heavy atom. The summed E-state index contributed by atoms with van der Waals surface area (Å²) < 4.78 is 7.96. The normalized spacial score (nSPS) is 20.0. The van der Waals surface area contributed by atoms with Crippen LogP contribution in [0.5, 0.6) is 0 Å². The summed E-state index contributed by atoms with van der Waals surface area (Å²) in [5.41, 5.74) is 6.01. The highest BCUT2D eigenvalue weighted by Gasteiger charge is 2.28. The van der Waals surface area contributed by atoms with E-state index in [4.69, 9.17) is 19.7 Å². The number of ether oxygens (including phenoxy) is 1. The zero-order valence-corrected chi connectivity index (χ0v) is 21.3. The van der Waals surface area contributed by atoms with Crippen LogP contribution in [-0.4, -0.2) is 63.8 Å². The van der Waals surface area contributed by atoms with Gasteiger partial charge in [-0.3, -0.25) is 4.90 Å². The number of fused-ring (bicyclic) bond motifs is 2. The lowest BCUT2D eigenvalue weighted by Crippen LogP contribution is -2.37. The number of hydrogen-bond acceptors (Lipinski definition) is 6. The molecule has 3 aliphatic rings. The van der Waals surface area contributed by atoms with E-state index in [2.05, 4.69) is 65.5 Å². The molecular formula is C28H36N6O. The summed E-state index contributed by atoms with van der Waals surface area (Å²) >= 11 is 0. The minimum absolute atomic E-state index is 0.440. The molecule has 7 nitrogen and oxygen atoms in total. The second kappa shape index (κ2) is 9.03. The quantitative estimate of drug-likeness (QED) is 0.543. The molecule has 2 saturated heterocycles. The Hall–Kier alpha value is -2.77. The molecular weight excluding hydrogens is 436 g/mol. The van der Waals surface area contributed by atoms with E-state index >= 15 is 0 Å². The van der Waals surface area contributed by atoms with Crippen LogP contribution in [0.1, 0.15) is 50.6 Å². The Bertz CT molecular complexity index is 1260. The molecule has 0 N–H and O–H groups in total. The molecule has 3 aromatic rings. The van der Waals surface area contributed by atoms with Gasteiger partial charge in [0.25, 0.3) is 0 Å². The monoisotopic (exact) mass is 472 g/mol. The Balaban J connectivity index is 1.46. The molecule has 0 radical (unpaired) electrons. The fourth-order valence-corrected chi connectivity index (χ4v) is 5.60. The molecule has 35 heavy (non-hydrogen) atoms. The Morgan fingerprint density at radius 3 is 2.57 bits per heavy atom. The van der Waals surface area contributed by atoms with Crippen LogP contribution in [-0.2, 0) is 24.2 Å². The lowest BCUT2D eigenvalue weighted by atomic mass is 9.83. The number of allylic oxidation sites excluding steroid dienone is 1. The maximum absolute atomic E-state index is 5.65. The number of morpholine rings is 1. The zero-order valence-electron chi connectivity index (χ0n) is 21.3. The van der Waals surface area contributed by atoms with Gasteiger partial charge in [-0.1, -0.05) is 44.2 Å². The molecule has 0 amide bonds. The summed E-state index contributed by atoms with van der Waals surface area (Å²) in [5.74, 6) is 2.84. The molecule has 0 bridgehead atoms. The van der Waals surface area contributed by atoms with E-state index in [1.54, 1.807) is 0 Å². The number of hydrogen-bond donors (Lipinski definition) is 0. The number of aromatic nitrogens is 4. The van der Waals surface area contributed by atoms with Crippen molar-refractivity contribution in [3.63, 3.8) is 0 Å². The summed E-state index contributed by atoms with van der Waals surface area (Å²) in [7, 11) is 0. The molecule has 2 aromatic heterocycles. The summed E-state index contributed by atoms with van der Waals surface area (Å²) in [6.07, 6.45) is 7.88. The van der Waals surface area contributed by atoms with Crippen LogP contribution >= 0.6 is 0 Å². The van der Waals surface area contributed by atoms with Crippen molar-refractivity contribution in [1.29, 1.82) is 0 Å². The van der Waals surface area contributed by atoms with Gasteiger partial charge in [0, 0.05) is 25.2 Å². The van der Waals surface area contributed by atoms with E-state index < -0.39 is 0 Å². The van der Waals surface area contributed by atoms with Crippen molar-refractivity contribution >= 4 is 23.1 Å². The Morgan fingerprint density at radius 1 is 1.00 bits per heavy atom. The minimum Gasteiger partial charge on any atom is -0.378 e. The van der Waals surface area contributed by atoms with Gasteiger partial charge >= 0.3 is 0 Å². The second-order valence-electron chi connectivity index (χ2n) is 10.8. The number of aryl methyl sites for hydroxylation is 1. The molecule has 2 aliphatic heterocycles. The first-order valence-electron chi connectivity index (χ1n) is 13.1. The number of anilines is 1. The maximum Gasteiger partial charge on any atom is 0.166 e. The topological polar surface area (TPSA) is 59.3 Å². The summed E-state index contributed by atoms with van der Waals surface area (Å²) in [6.45, 7) is 14.0. The van der Waals surface area contributed by atoms with Gasteiger partial charge in [0.15, 0.2) is 22.8 Å². The van der Waals surface area contributed by atoms with Crippen LogP contribution in [0.4, 0.5) is 5.82 Å². The molecule has 4 heterocycles. The minimum atomic E-state index is 0.440. The van der Waals surface area contributed by atoms with Crippen molar-refractivity contribution in [3.8, 4) is 11.4 Å². The Labute approximate surface area is 207 Å². The average Bonchev–Trinajstić information content (AvgIpc) is 3.49. The second-order valence-corrected chi connectivity index (χ2v) is 10.8. The smallest absolute Gasteiger partial charge is 0.166 e. The molecule has 6 rings (SSSR count). The van der Waals surface area contributed by atoms with Crippen molar-refractivity contribution in [1.82, 2.24) is 24.4 Å². The molecule has 1 aliphatic carbocycles. The van der Waals surface area contributed by atoms with Gasteiger partial charge in [-0.05, 0) is 55.8 Å². The molecule has 184 valence electrons. The standard InChI is InChI=1S/C28H36N6O/c1-4-34-23(19-32-13-11-28(2,3)12-14-32)29-24-26(33-15-17-35-18-16-33)30-25(31-27(24)34)22-10-6-8-20-7-5-9-21(20)22/h5-6,8-10H,4,7,11-19H2,1-3H3. The fraction of sp³-hybridized carbons (Fsp3) is 0.536. The highest BCUT2D eigenvalue weighted by atomic mass is 16.5. The van der Waals surface area contributed by atoms with Crippen LogP contribution in [0.25, 0.3) is 28.6 Å². The van der Waals surface area contributed by atoms with Crippen LogP contribution in [0.15, 0.2) is 24.3 Å². The SMILES string of the molecule is CCn1c(CN2CCC(C)(C)CC2)nc2c(N3CCOCC3)nc(-c3cccc4c3C=CC4)nc21. The van der Waals surface area contributed by atoms with Crippen molar-refractivity contribution in [2.45, 2.75) is 53.1 Å². The average molecular weight is 473 g/mol. The predicted octanol–water partition coefficient (Wildman–Crippen LogP) is 4.54. The molecule has 1 aromatic carbocycles. The first-order valence-corrected chi connectivity index (χ1v) is 13.1. The van der Waals surface area contributed by atoms with Crippen molar-refractivity contribution in [2.24, 2.45) is 5.41 Å². The number of rotatable bonds is 5. The number of likely N-dealkylation sites (tertiary alicyclic amines) is 1. The highest BCUT2D eigenvalue weighted by Crippen LogP contribution is 2.34. The number of piperidine rings is 1. The van der Waals surface area contributed by atoms with Crippen molar-refractivity contribution in [3.05, 3.63) is 41.2 Å². The number of benzene rings is 1. The number of imidazole rings is 1. The van der Waals surface area contributed by atoms with Crippen molar-refractivity contribution in [2.75, 3.05) is 44.3 Å². The highest BCUT2D eigenvalue weighted by molar-refractivity contribution is 5.88. The van der Waals surface area contributed by atoms with E-state index in [-0.39, 0.29) is 0 Å². The fourth-order valence-electron chi connectivity index (χ4n) is 5.60. The van der Waals surface area contributed by atoms with Crippen LogP contribution in [0, 0.1) is 5.41 Å². The van der Waals surface area contributed by atoms with Gasteiger partial charge in [0.1, 0.15) is 5.82 Å². The first kappa shape index (κ1) is 22.7. The summed E-state index contributed by atoms with van der Waals surface area (Å²) in [4.78, 5) is 20.4. The van der Waals surface area contributed by atoms with Gasteiger partial charge in [-0.25, -0.2) is 15.0 Å². The third-order valence-corrected chi connectivity index (χ3v) is 7.92. The van der Waals surface area contributed by atoms with Gasteiger partial charge in [-0.2, -0.15) is 0 Å². The van der Waals surface area contributed by atoms with Gasteiger partial charge in [-0.15, -0.1) is 0 Å². The molecule has 0 spiro atoms. The van der Waals surface area contributed by atoms with Crippen molar-refractivity contribution < 1.29 is 4.74 Å². The van der Waals surface area contributed by atoms with Gasteiger partial charge < -0.3 is 14.2 Å². The lowest BCUT2D eigenvalue weighted by molar-refractivity contribution is 0.122. The van der Waals surface area contributed by atoms with E-state index in [9.17, 15) is 0 Å². The lowest BCUT2D eigenvalue weighted by Gasteiger charge is -2.36. The van der Waals surface area contributed by atoms with Gasteiger partial charge in [0.2, 0.25) is 0 Å². The predicted molar refractivity (Wildman–Crippen MR) is 140 cm³/mol. The van der Waals surface area contributed by atoms with E-state index in [0.29, 0.717) is 5.41 Å². The molecule has 0 unspecified atom stereocenters. The molecule has 0 atom stereocenters. The van der Waals surface area contributed by atoms with Crippen LogP contribution < -0.4 is 4.90 Å². The van der Waals surface area contributed by atoms with E-state index in [0.717, 1.165) is 93.1 Å². The largest absolute Gasteiger partial charge is 0.378 e. The summed E-state index contributed by atoms with van der Waals surface area (Å²) in [5, 5.41) is 0. The Kier molecular flexibility index (Phi) is 5.85. The van der Waals surface area contributed by atoms with Gasteiger partial charge in [0.05, 0.1) is 19.8 Å². The van der Waals surface area contributed by atoms with Crippen LogP contribution in [0.2, 0.25) is 0 Å².